The van der Waals surface area contributed by atoms with Gasteiger partial charge < -0.3 is 9.64 Å². The number of hydrogen-bond acceptors (Lipinski definition) is 4. The highest BCUT2D eigenvalue weighted by Gasteiger charge is 2.18. The van der Waals surface area contributed by atoms with Crippen LogP contribution in [0.1, 0.15) is 25.5 Å². The van der Waals surface area contributed by atoms with Gasteiger partial charge in [0.2, 0.25) is 5.95 Å². The maximum absolute atomic E-state index is 12.1. The molecule has 0 atom stereocenters. The van der Waals surface area contributed by atoms with Crippen molar-refractivity contribution >= 4 is 5.95 Å². The molecule has 0 amide bonds. The summed E-state index contributed by atoms with van der Waals surface area (Å²) in [5.74, 6) is 0.803. The quantitative estimate of drug-likeness (QED) is 0.738. The second-order valence-corrected chi connectivity index (χ2v) is 4.58. The SMILES string of the molecule is CCOCCn1c(N2CCCC2)nc(C)cc1=O. The van der Waals surface area contributed by atoms with Gasteiger partial charge >= 0.3 is 0 Å². The summed E-state index contributed by atoms with van der Waals surface area (Å²) in [6.07, 6.45) is 2.35. The van der Waals surface area contributed by atoms with Crippen LogP contribution in [0, 0.1) is 6.92 Å². The Balaban J connectivity index is 2.26. The predicted molar refractivity (Wildman–Crippen MR) is 71.2 cm³/mol. The van der Waals surface area contributed by atoms with Crippen molar-refractivity contribution in [3.8, 4) is 0 Å². The zero-order valence-electron chi connectivity index (χ0n) is 11.2. The van der Waals surface area contributed by atoms with Crippen LogP contribution in [0.25, 0.3) is 0 Å². The zero-order chi connectivity index (χ0) is 13.0. The van der Waals surface area contributed by atoms with Crippen molar-refractivity contribution < 1.29 is 4.74 Å². The minimum atomic E-state index is 0.0177. The number of rotatable bonds is 5. The van der Waals surface area contributed by atoms with Gasteiger partial charge in [0.25, 0.3) is 5.56 Å². The van der Waals surface area contributed by atoms with E-state index >= 15 is 0 Å². The van der Waals surface area contributed by atoms with Crippen molar-refractivity contribution in [1.82, 2.24) is 9.55 Å². The first kappa shape index (κ1) is 13.1. The first-order valence-electron chi connectivity index (χ1n) is 6.63. The maximum Gasteiger partial charge on any atom is 0.255 e. The molecule has 5 nitrogen and oxygen atoms in total. The van der Waals surface area contributed by atoms with Gasteiger partial charge in [-0.25, -0.2) is 4.98 Å². The van der Waals surface area contributed by atoms with E-state index in [1.54, 1.807) is 10.6 Å². The van der Waals surface area contributed by atoms with E-state index < -0.39 is 0 Å². The summed E-state index contributed by atoms with van der Waals surface area (Å²) in [6, 6.07) is 1.59. The largest absolute Gasteiger partial charge is 0.380 e. The maximum atomic E-state index is 12.1. The zero-order valence-corrected chi connectivity index (χ0v) is 11.2. The van der Waals surface area contributed by atoms with Crippen molar-refractivity contribution in [2.45, 2.75) is 33.2 Å². The number of nitrogens with zero attached hydrogens (tertiary/aromatic N) is 3. The third-order valence-corrected chi connectivity index (χ3v) is 3.17. The summed E-state index contributed by atoms with van der Waals surface area (Å²) in [4.78, 5) is 18.8. The van der Waals surface area contributed by atoms with Crippen LogP contribution in [-0.2, 0) is 11.3 Å². The summed E-state index contributed by atoms with van der Waals surface area (Å²) < 4.78 is 7.06. The Morgan fingerprint density at radius 3 is 2.78 bits per heavy atom. The second-order valence-electron chi connectivity index (χ2n) is 4.58. The molecular weight excluding hydrogens is 230 g/mol. The van der Waals surface area contributed by atoms with Gasteiger partial charge in [-0.15, -0.1) is 0 Å². The van der Waals surface area contributed by atoms with Gasteiger partial charge in [-0.1, -0.05) is 0 Å². The average molecular weight is 251 g/mol. The lowest BCUT2D eigenvalue weighted by molar-refractivity contribution is 0.138. The smallest absolute Gasteiger partial charge is 0.255 e. The molecule has 1 aliphatic rings. The van der Waals surface area contributed by atoms with Gasteiger partial charge in [-0.3, -0.25) is 9.36 Å². The normalized spacial score (nSPS) is 15.3. The van der Waals surface area contributed by atoms with Crippen LogP contribution in [0.5, 0.6) is 0 Å². The molecule has 1 aromatic rings. The second kappa shape index (κ2) is 6.00. The van der Waals surface area contributed by atoms with E-state index in [2.05, 4.69) is 9.88 Å². The van der Waals surface area contributed by atoms with Crippen LogP contribution in [-0.4, -0.2) is 35.9 Å². The lowest BCUT2D eigenvalue weighted by Crippen LogP contribution is -2.32. The molecule has 0 spiro atoms. The Labute approximate surface area is 107 Å². The number of aryl methyl sites for hydroxylation is 1. The van der Waals surface area contributed by atoms with Gasteiger partial charge in [-0.05, 0) is 26.7 Å². The van der Waals surface area contributed by atoms with E-state index in [1.165, 1.54) is 12.8 Å². The first-order valence-corrected chi connectivity index (χ1v) is 6.63. The highest BCUT2D eigenvalue weighted by Crippen LogP contribution is 2.16. The van der Waals surface area contributed by atoms with Crippen LogP contribution in [0.3, 0.4) is 0 Å². The molecule has 1 aliphatic heterocycles. The fourth-order valence-corrected chi connectivity index (χ4v) is 2.27. The molecule has 1 fully saturated rings. The van der Waals surface area contributed by atoms with Gasteiger partial charge in [0.05, 0.1) is 13.2 Å². The van der Waals surface area contributed by atoms with Crippen LogP contribution in [0.15, 0.2) is 10.9 Å². The summed E-state index contributed by atoms with van der Waals surface area (Å²) in [6.45, 7) is 7.61. The van der Waals surface area contributed by atoms with Crippen molar-refractivity contribution in [3.63, 3.8) is 0 Å². The Bertz CT molecular complexity index is 450. The Kier molecular flexibility index (Phi) is 4.36. The molecule has 100 valence electrons. The van der Waals surface area contributed by atoms with Gasteiger partial charge in [0.15, 0.2) is 0 Å². The van der Waals surface area contributed by atoms with Crippen LogP contribution in [0.4, 0.5) is 5.95 Å². The number of hydrogen-bond donors (Lipinski definition) is 0. The summed E-state index contributed by atoms with van der Waals surface area (Å²) in [7, 11) is 0. The molecule has 0 saturated carbocycles. The van der Waals surface area contributed by atoms with Crippen LogP contribution >= 0.6 is 0 Å². The molecule has 2 heterocycles. The summed E-state index contributed by atoms with van der Waals surface area (Å²) >= 11 is 0. The first-order chi connectivity index (χ1) is 8.72. The molecule has 1 aromatic heterocycles. The van der Waals surface area contributed by atoms with Gasteiger partial charge in [0, 0.05) is 31.5 Å². The van der Waals surface area contributed by atoms with Gasteiger partial charge in [-0.2, -0.15) is 0 Å². The molecule has 0 N–H and O–H groups in total. The van der Waals surface area contributed by atoms with Gasteiger partial charge in [0.1, 0.15) is 0 Å². The van der Waals surface area contributed by atoms with E-state index in [-0.39, 0.29) is 5.56 Å². The summed E-state index contributed by atoms with van der Waals surface area (Å²) in [5, 5.41) is 0. The molecule has 0 aliphatic carbocycles. The molecule has 18 heavy (non-hydrogen) atoms. The monoisotopic (exact) mass is 251 g/mol. The lowest BCUT2D eigenvalue weighted by atomic mass is 10.4. The van der Waals surface area contributed by atoms with E-state index in [9.17, 15) is 4.79 Å². The highest BCUT2D eigenvalue weighted by molar-refractivity contribution is 5.33. The third-order valence-electron chi connectivity index (χ3n) is 3.17. The molecule has 0 radical (unpaired) electrons. The molecule has 0 bridgehead atoms. The van der Waals surface area contributed by atoms with E-state index in [4.69, 9.17) is 4.74 Å². The topological polar surface area (TPSA) is 47.4 Å². The Morgan fingerprint density at radius 2 is 2.11 bits per heavy atom. The molecule has 5 heteroatoms. The average Bonchev–Trinajstić information content (AvgIpc) is 2.85. The minimum Gasteiger partial charge on any atom is -0.380 e. The van der Waals surface area contributed by atoms with E-state index in [0.717, 1.165) is 24.7 Å². The Morgan fingerprint density at radius 1 is 1.39 bits per heavy atom. The number of aromatic nitrogens is 2. The van der Waals surface area contributed by atoms with E-state index in [0.29, 0.717) is 19.8 Å². The molecule has 0 aromatic carbocycles. The third kappa shape index (κ3) is 2.90. The lowest BCUT2D eigenvalue weighted by Gasteiger charge is -2.21. The number of ether oxygens (including phenoxy) is 1. The highest BCUT2D eigenvalue weighted by atomic mass is 16.5. The predicted octanol–water partition coefficient (Wildman–Crippen LogP) is 1.19. The summed E-state index contributed by atoms with van der Waals surface area (Å²) in [5.41, 5.74) is 0.804. The number of anilines is 1. The van der Waals surface area contributed by atoms with E-state index in [1.807, 2.05) is 13.8 Å². The van der Waals surface area contributed by atoms with Crippen molar-refractivity contribution in [1.29, 1.82) is 0 Å². The Hall–Kier alpha value is -1.36. The molecule has 1 saturated heterocycles. The molecule has 0 unspecified atom stereocenters. The fourth-order valence-electron chi connectivity index (χ4n) is 2.27. The molecular formula is C13H21N3O2. The molecule has 2 rings (SSSR count). The van der Waals surface area contributed by atoms with Crippen molar-refractivity contribution in [2.75, 3.05) is 31.2 Å². The van der Waals surface area contributed by atoms with Crippen LogP contribution in [0.2, 0.25) is 0 Å². The van der Waals surface area contributed by atoms with Crippen LogP contribution < -0.4 is 10.5 Å². The van der Waals surface area contributed by atoms with Crippen molar-refractivity contribution in [3.05, 3.63) is 22.1 Å². The fraction of sp³-hybridized carbons (Fsp3) is 0.692. The minimum absolute atomic E-state index is 0.0177. The van der Waals surface area contributed by atoms with Crippen molar-refractivity contribution in [2.24, 2.45) is 0 Å². The standard InChI is InChI=1S/C13H21N3O2/c1-3-18-9-8-16-12(17)10-11(2)14-13(16)15-6-4-5-7-15/h10H,3-9H2,1-2H3.